The molecule has 1 aromatic heterocycles. The van der Waals surface area contributed by atoms with Crippen molar-refractivity contribution in [3.8, 4) is 0 Å². The van der Waals surface area contributed by atoms with Gasteiger partial charge in [-0.25, -0.2) is 4.98 Å². The first-order valence-electron chi connectivity index (χ1n) is 5.42. The molecule has 0 saturated carbocycles. The number of nitrogens with one attached hydrogen (secondary N) is 1. The zero-order chi connectivity index (χ0) is 11.3. The van der Waals surface area contributed by atoms with Crippen LogP contribution in [0, 0.1) is 6.92 Å². The summed E-state index contributed by atoms with van der Waals surface area (Å²) in [6, 6.07) is 1.90. The highest BCUT2D eigenvalue weighted by Crippen LogP contribution is 2.13. The fraction of sp³-hybridized carbons (Fsp3) is 0.500. The number of carbonyl (C=O) groups is 1. The quantitative estimate of drug-likeness (QED) is 0.753. The minimum absolute atomic E-state index is 0.146. The molecule has 0 bridgehead atoms. The van der Waals surface area contributed by atoms with Gasteiger partial charge in [0.15, 0.2) is 5.78 Å². The van der Waals surface area contributed by atoms with Crippen LogP contribution in [0.1, 0.15) is 42.6 Å². The third-order valence-corrected chi connectivity index (χ3v) is 2.26. The molecule has 0 aliphatic carbocycles. The van der Waals surface area contributed by atoms with Crippen molar-refractivity contribution in [1.29, 1.82) is 0 Å². The zero-order valence-electron chi connectivity index (χ0n) is 9.63. The van der Waals surface area contributed by atoms with Crippen LogP contribution in [0.4, 0.5) is 5.82 Å². The van der Waals surface area contributed by atoms with E-state index in [4.69, 9.17) is 0 Å². The summed E-state index contributed by atoms with van der Waals surface area (Å²) in [7, 11) is 0. The number of hydrogen-bond acceptors (Lipinski definition) is 3. The third-order valence-electron chi connectivity index (χ3n) is 2.26. The van der Waals surface area contributed by atoms with Crippen LogP contribution >= 0.6 is 0 Å². The van der Waals surface area contributed by atoms with Gasteiger partial charge in [-0.2, -0.15) is 0 Å². The highest BCUT2D eigenvalue weighted by atomic mass is 16.1. The molecule has 0 radical (unpaired) electrons. The Bertz CT molecular complexity index is 347. The number of hydrogen-bond donors (Lipinski definition) is 1. The highest BCUT2D eigenvalue weighted by molar-refractivity contribution is 5.95. The van der Waals surface area contributed by atoms with Crippen LogP contribution < -0.4 is 5.32 Å². The number of carbonyl (C=O) groups excluding carboxylic acids is 1. The van der Waals surface area contributed by atoms with Crippen LogP contribution in [-0.2, 0) is 0 Å². The van der Waals surface area contributed by atoms with E-state index >= 15 is 0 Å². The zero-order valence-corrected chi connectivity index (χ0v) is 9.63. The molecule has 1 aromatic rings. The molecule has 0 aliphatic heterocycles. The standard InChI is InChI=1S/C12H18N2O/c1-4-6-13-12-9(3)7-10(8-14-12)11(15)5-2/h7-8H,4-6H2,1-3H3,(H,13,14). The summed E-state index contributed by atoms with van der Waals surface area (Å²) in [6.45, 7) is 6.85. The van der Waals surface area contributed by atoms with E-state index in [0.717, 1.165) is 24.3 Å². The van der Waals surface area contributed by atoms with E-state index < -0.39 is 0 Å². The van der Waals surface area contributed by atoms with E-state index in [2.05, 4.69) is 17.2 Å². The van der Waals surface area contributed by atoms with Crippen molar-refractivity contribution in [1.82, 2.24) is 4.98 Å². The van der Waals surface area contributed by atoms with Gasteiger partial charge in [-0.05, 0) is 25.0 Å². The van der Waals surface area contributed by atoms with Crippen LogP contribution in [0.15, 0.2) is 12.3 Å². The monoisotopic (exact) mass is 206 g/mol. The van der Waals surface area contributed by atoms with Gasteiger partial charge in [0.25, 0.3) is 0 Å². The Kier molecular flexibility index (Phi) is 4.28. The van der Waals surface area contributed by atoms with Crippen molar-refractivity contribution in [2.45, 2.75) is 33.6 Å². The summed E-state index contributed by atoms with van der Waals surface area (Å²) in [6.07, 6.45) is 3.25. The highest BCUT2D eigenvalue weighted by Gasteiger charge is 2.06. The molecule has 0 saturated heterocycles. The SMILES string of the molecule is CCCNc1ncc(C(=O)CC)cc1C. The lowest BCUT2D eigenvalue weighted by Crippen LogP contribution is -2.06. The van der Waals surface area contributed by atoms with E-state index in [-0.39, 0.29) is 5.78 Å². The van der Waals surface area contributed by atoms with Crippen molar-refractivity contribution in [3.63, 3.8) is 0 Å². The molecule has 15 heavy (non-hydrogen) atoms. The van der Waals surface area contributed by atoms with Gasteiger partial charge in [0.1, 0.15) is 5.82 Å². The molecule has 1 heterocycles. The Labute approximate surface area is 90.9 Å². The number of aryl methyl sites for hydroxylation is 1. The van der Waals surface area contributed by atoms with Crippen molar-refractivity contribution in [2.75, 3.05) is 11.9 Å². The van der Waals surface area contributed by atoms with Gasteiger partial charge < -0.3 is 5.32 Å². The molecule has 0 atom stereocenters. The van der Waals surface area contributed by atoms with Crippen molar-refractivity contribution < 1.29 is 4.79 Å². The molecular weight excluding hydrogens is 188 g/mol. The molecule has 0 amide bonds. The predicted octanol–water partition coefficient (Wildman–Crippen LogP) is 2.80. The maximum atomic E-state index is 11.4. The average Bonchev–Trinajstić information content (AvgIpc) is 2.26. The summed E-state index contributed by atoms with van der Waals surface area (Å²) in [5.74, 6) is 1.03. The third kappa shape index (κ3) is 3.05. The van der Waals surface area contributed by atoms with Crippen LogP contribution in [0.25, 0.3) is 0 Å². The van der Waals surface area contributed by atoms with E-state index in [1.54, 1.807) is 6.20 Å². The second-order valence-corrected chi connectivity index (χ2v) is 3.59. The summed E-state index contributed by atoms with van der Waals surface area (Å²) < 4.78 is 0. The number of Topliss-reactive ketones (excluding diaryl/α,β-unsaturated/α-hetero) is 1. The van der Waals surface area contributed by atoms with Gasteiger partial charge in [-0.1, -0.05) is 13.8 Å². The molecule has 3 heteroatoms. The van der Waals surface area contributed by atoms with Gasteiger partial charge in [-0.3, -0.25) is 4.79 Å². The lowest BCUT2D eigenvalue weighted by atomic mass is 10.1. The van der Waals surface area contributed by atoms with E-state index in [9.17, 15) is 4.79 Å². The van der Waals surface area contributed by atoms with Crippen LogP contribution in [0.3, 0.4) is 0 Å². The second-order valence-electron chi connectivity index (χ2n) is 3.59. The lowest BCUT2D eigenvalue weighted by Gasteiger charge is -2.08. The fourth-order valence-electron chi connectivity index (χ4n) is 1.36. The van der Waals surface area contributed by atoms with Crippen LogP contribution in [0.2, 0.25) is 0 Å². The Morgan fingerprint density at radius 2 is 2.20 bits per heavy atom. The van der Waals surface area contributed by atoms with E-state index in [1.165, 1.54) is 0 Å². The van der Waals surface area contributed by atoms with Crippen LogP contribution in [0.5, 0.6) is 0 Å². The molecule has 1 N–H and O–H groups in total. The average molecular weight is 206 g/mol. The maximum Gasteiger partial charge on any atom is 0.164 e. The molecule has 0 fully saturated rings. The minimum Gasteiger partial charge on any atom is -0.370 e. The van der Waals surface area contributed by atoms with E-state index in [0.29, 0.717) is 12.0 Å². The molecule has 3 nitrogen and oxygen atoms in total. The fourth-order valence-corrected chi connectivity index (χ4v) is 1.36. The van der Waals surface area contributed by atoms with E-state index in [1.807, 2.05) is 19.9 Å². The van der Waals surface area contributed by atoms with Crippen molar-refractivity contribution in [2.24, 2.45) is 0 Å². The Hall–Kier alpha value is -1.38. The predicted molar refractivity (Wildman–Crippen MR) is 62.4 cm³/mol. The number of pyridine rings is 1. The Morgan fingerprint density at radius 1 is 1.47 bits per heavy atom. The summed E-state index contributed by atoms with van der Waals surface area (Å²) >= 11 is 0. The molecule has 0 spiro atoms. The van der Waals surface area contributed by atoms with Gasteiger partial charge in [0.2, 0.25) is 0 Å². The number of ketones is 1. The second kappa shape index (κ2) is 5.49. The summed E-state index contributed by atoms with van der Waals surface area (Å²) in [5.41, 5.74) is 1.74. The topological polar surface area (TPSA) is 42.0 Å². The maximum absolute atomic E-state index is 11.4. The lowest BCUT2D eigenvalue weighted by molar-refractivity contribution is 0.0988. The first-order valence-corrected chi connectivity index (χ1v) is 5.42. The number of rotatable bonds is 5. The molecule has 0 aliphatic rings. The summed E-state index contributed by atoms with van der Waals surface area (Å²) in [4.78, 5) is 15.7. The normalized spacial score (nSPS) is 10.1. The smallest absolute Gasteiger partial charge is 0.164 e. The molecule has 0 aromatic carbocycles. The number of nitrogens with zero attached hydrogens (tertiary/aromatic N) is 1. The minimum atomic E-state index is 0.146. The largest absolute Gasteiger partial charge is 0.370 e. The molecule has 0 unspecified atom stereocenters. The first kappa shape index (κ1) is 11.7. The Balaban J connectivity index is 2.83. The molecule has 82 valence electrons. The molecule has 1 rings (SSSR count). The van der Waals surface area contributed by atoms with Gasteiger partial charge in [0, 0.05) is 24.7 Å². The van der Waals surface area contributed by atoms with Gasteiger partial charge >= 0.3 is 0 Å². The van der Waals surface area contributed by atoms with Crippen molar-refractivity contribution >= 4 is 11.6 Å². The number of anilines is 1. The van der Waals surface area contributed by atoms with Gasteiger partial charge in [-0.15, -0.1) is 0 Å². The first-order chi connectivity index (χ1) is 7.19. The van der Waals surface area contributed by atoms with Crippen molar-refractivity contribution in [3.05, 3.63) is 23.4 Å². The number of aromatic nitrogens is 1. The van der Waals surface area contributed by atoms with Gasteiger partial charge in [0.05, 0.1) is 0 Å². The summed E-state index contributed by atoms with van der Waals surface area (Å²) in [5, 5.41) is 3.22. The molecular formula is C12H18N2O. The Morgan fingerprint density at radius 3 is 2.73 bits per heavy atom. The van der Waals surface area contributed by atoms with Crippen LogP contribution in [-0.4, -0.2) is 17.3 Å².